The number of hydrogen-bond donors (Lipinski definition) is 2. The van der Waals surface area contributed by atoms with Crippen LogP contribution in [-0.4, -0.2) is 46.5 Å². The predicted octanol–water partition coefficient (Wildman–Crippen LogP) is 4.45. The van der Waals surface area contributed by atoms with E-state index in [1.807, 2.05) is 37.3 Å². The van der Waals surface area contributed by atoms with E-state index in [9.17, 15) is 14.0 Å². The third-order valence-corrected chi connectivity index (χ3v) is 5.82. The number of rotatable bonds is 4. The lowest BCUT2D eigenvalue weighted by Gasteiger charge is -2.27. The number of hydrogen-bond acceptors (Lipinski definition) is 4. The zero-order chi connectivity index (χ0) is 22.9. The molecule has 3 heterocycles. The number of carbonyl (C=O) groups is 1. The molecule has 0 bridgehead atoms. The molecule has 1 aliphatic rings. The monoisotopic (exact) mass is 518 g/mol. The van der Waals surface area contributed by atoms with Gasteiger partial charge in [-0.3, -0.25) is 14.2 Å². The Morgan fingerprint density at radius 2 is 1.74 bits per heavy atom. The summed E-state index contributed by atoms with van der Waals surface area (Å²) in [7, 11) is 0. The molecule has 5 rings (SSSR count). The fourth-order valence-corrected chi connectivity index (χ4v) is 4.14. The number of aromatic nitrogens is 2. The van der Waals surface area contributed by atoms with Crippen LogP contribution in [0, 0.1) is 12.7 Å². The van der Waals surface area contributed by atoms with E-state index >= 15 is 0 Å². The molecule has 0 saturated carbocycles. The van der Waals surface area contributed by atoms with Crippen LogP contribution < -0.4 is 15.6 Å². The highest BCUT2D eigenvalue weighted by Crippen LogP contribution is 2.38. The van der Waals surface area contributed by atoms with Gasteiger partial charge in [-0.1, -0.05) is 24.3 Å². The minimum Gasteiger partial charge on any atom is -0.439 e. The number of para-hydroxylation sites is 1. The second-order valence-electron chi connectivity index (χ2n) is 8.00. The smallest absolute Gasteiger partial charge is 0.260 e. The molecule has 0 atom stereocenters. The topological polar surface area (TPSA) is 79.4 Å². The summed E-state index contributed by atoms with van der Waals surface area (Å²) in [5.74, 6) is -0.128. The van der Waals surface area contributed by atoms with E-state index in [0.717, 1.165) is 11.3 Å². The minimum absolute atomic E-state index is 0. The number of amides is 1. The number of ether oxygens (including phenoxy) is 1. The Kier molecular flexibility index (Phi) is 8.22. The van der Waals surface area contributed by atoms with Gasteiger partial charge < -0.3 is 19.9 Å². The maximum absolute atomic E-state index is 14.1. The molecular formula is C25H25Cl2FN4O3. The zero-order valence-corrected chi connectivity index (χ0v) is 20.5. The number of nitrogens with zero attached hydrogens (tertiary/aromatic N) is 2. The van der Waals surface area contributed by atoms with Gasteiger partial charge in [-0.25, -0.2) is 4.39 Å². The first-order valence-corrected chi connectivity index (χ1v) is 10.8. The van der Waals surface area contributed by atoms with Crippen LogP contribution in [0.3, 0.4) is 0 Å². The van der Waals surface area contributed by atoms with E-state index in [0.29, 0.717) is 42.8 Å². The molecular weight excluding hydrogens is 494 g/mol. The molecule has 1 amide bonds. The van der Waals surface area contributed by atoms with E-state index < -0.39 is 5.82 Å². The standard InChI is InChI=1S/C25H23FN4O3.2ClH/c1-16-7-8-17(26)13-21(16)33-25-23(24(32)29-11-9-27-10-12-29)19-14-22(31)28-15-20(19)30(25)18-5-3-2-4-6-18;;/h2-8,13-15,27H,9-12H2,1H3,(H,28,31);2*1H. The van der Waals surface area contributed by atoms with Gasteiger partial charge in [-0.2, -0.15) is 0 Å². The maximum atomic E-state index is 14.1. The molecule has 1 aliphatic heterocycles. The number of piperazine rings is 1. The lowest BCUT2D eigenvalue weighted by Crippen LogP contribution is -2.46. The summed E-state index contributed by atoms with van der Waals surface area (Å²) < 4.78 is 22.1. The van der Waals surface area contributed by atoms with Crippen LogP contribution >= 0.6 is 24.8 Å². The van der Waals surface area contributed by atoms with Crippen molar-refractivity contribution in [2.75, 3.05) is 26.2 Å². The molecule has 1 fully saturated rings. The number of H-pyrrole nitrogens is 1. The summed E-state index contributed by atoms with van der Waals surface area (Å²) in [5.41, 5.74) is 2.04. The molecule has 0 unspecified atom stereocenters. The SMILES string of the molecule is Cc1ccc(F)cc1Oc1c(C(=O)N2CCNCC2)c2cc(=O)[nH]cc2n1-c1ccccc1.Cl.Cl. The Labute approximate surface area is 213 Å². The number of aromatic amines is 1. The molecule has 1 saturated heterocycles. The number of carbonyl (C=O) groups excluding carboxylic acids is 1. The molecule has 35 heavy (non-hydrogen) atoms. The second-order valence-corrected chi connectivity index (χ2v) is 8.00. The van der Waals surface area contributed by atoms with Crippen molar-refractivity contribution in [3.05, 3.63) is 88.1 Å². The van der Waals surface area contributed by atoms with Gasteiger partial charge in [0.15, 0.2) is 0 Å². The molecule has 4 aromatic rings. The Balaban J connectivity index is 0.00000171. The van der Waals surface area contributed by atoms with Crippen LogP contribution in [0.1, 0.15) is 15.9 Å². The number of aryl methyl sites for hydroxylation is 1. The van der Waals surface area contributed by atoms with Crippen molar-refractivity contribution in [2.24, 2.45) is 0 Å². The van der Waals surface area contributed by atoms with Gasteiger partial charge in [0.1, 0.15) is 17.1 Å². The van der Waals surface area contributed by atoms with Gasteiger partial charge in [0.25, 0.3) is 5.91 Å². The largest absolute Gasteiger partial charge is 0.439 e. The highest BCUT2D eigenvalue weighted by molar-refractivity contribution is 6.10. The summed E-state index contributed by atoms with van der Waals surface area (Å²) in [6.45, 7) is 4.26. The average Bonchev–Trinajstić information content (AvgIpc) is 3.14. The number of nitrogens with one attached hydrogen (secondary N) is 2. The minimum atomic E-state index is -0.442. The van der Waals surface area contributed by atoms with Crippen molar-refractivity contribution in [3.63, 3.8) is 0 Å². The summed E-state index contributed by atoms with van der Waals surface area (Å²) in [5, 5.41) is 3.72. The van der Waals surface area contributed by atoms with Crippen LogP contribution in [0.25, 0.3) is 16.6 Å². The van der Waals surface area contributed by atoms with Crippen LogP contribution in [0.2, 0.25) is 0 Å². The van der Waals surface area contributed by atoms with Crippen LogP contribution in [0.15, 0.2) is 65.6 Å². The molecule has 184 valence electrons. The van der Waals surface area contributed by atoms with Crippen molar-refractivity contribution in [2.45, 2.75) is 6.92 Å². The predicted molar refractivity (Wildman–Crippen MR) is 138 cm³/mol. The Morgan fingerprint density at radius 3 is 2.46 bits per heavy atom. The van der Waals surface area contributed by atoms with Crippen molar-refractivity contribution >= 4 is 41.6 Å². The maximum Gasteiger partial charge on any atom is 0.260 e. The Morgan fingerprint density at radius 1 is 1.03 bits per heavy atom. The molecule has 0 aliphatic carbocycles. The number of halogens is 3. The van der Waals surface area contributed by atoms with Crippen molar-refractivity contribution in [1.82, 2.24) is 19.8 Å². The molecule has 0 spiro atoms. The summed E-state index contributed by atoms with van der Waals surface area (Å²) in [6, 6.07) is 15.1. The number of fused-ring (bicyclic) bond motifs is 1. The first-order valence-electron chi connectivity index (χ1n) is 10.8. The van der Waals surface area contributed by atoms with Crippen LogP contribution in [-0.2, 0) is 0 Å². The molecule has 2 N–H and O–H groups in total. The Bertz CT molecular complexity index is 1400. The van der Waals surface area contributed by atoms with Crippen molar-refractivity contribution in [3.8, 4) is 17.3 Å². The first kappa shape index (κ1) is 26.3. The summed E-state index contributed by atoms with van der Waals surface area (Å²) >= 11 is 0. The Hall–Kier alpha value is -3.33. The fourth-order valence-electron chi connectivity index (χ4n) is 4.14. The average molecular weight is 519 g/mol. The van der Waals surface area contributed by atoms with Gasteiger partial charge >= 0.3 is 0 Å². The molecule has 0 radical (unpaired) electrons. The van der Waals surface area contributed by atoms with Gasteiger partial charge in [0, 0.05) is 55.6 Å². The summed E-state index contributed by atoms with van der Waals surface area (Å²) in [6.07, 6.45) is 1.57. The first-order chi connectivity index (χ1) is 16.0. The normalized spacial score (nSPS) is 13.1. The second kappa shape index (κ2) is 10.9. The third-order valence-electron chi connectivity index (χ3n) is 5.82. The highest BCUT2D eigenvalue weighted by Gasteiger charge is 2.30. The van der Waals surface area contributed by atoms with E-state index in [4.69, 9.17) is 4.74 Å². The van der Waals surface area contributed by atoms with Gasteiger partial charge in [0.05, 0.1) is 5.52 Å². The molecule has 10 heteroatoms. The molecule has 2 aromatic heterocycles. The fraction of sp³-hybridized carbons (Fsp3) is 0.200. The number of pyridine rings is 1. The van der Waals surface area contributed by atoms with Gasteiger partial charge in [-0.05, 0) is 30.7 Å². The van der Waals surface area contributed by atoms with E-state index in [1.54, 1.807) is 21.7 Å². The zero-order valence-electron chi connectivity index (χ0n) is 18.9. The number of benzene rings is 2. The molecule has 2 aromatic carbocycles. The van der Waals surface area contributed by atoms with Gasteiger partial charge in [-0.15, -0.1) is 24.8 Å². The molecule has 7 nitrogen and oxygen atoms in total. The van der Waals surface area contributed by atoms with Crippen molar-refractivity contribution < 1.29 is 13.9 Å². The highest BCUT2D eigenvalue weighted by atomic mass is 35.5. The lowest BCUT2D eigenvalue weighted by atomic mass is 10.1. The van der Waals surface area contributed by atoms with Crippen LogP contribution in [0.5, 0.6) is 11.6 Å². The van der Waals surface area contributed by atoms with E-state index in [2.05, 4.69) is 10.3 Å². The van der Waals surface area contributed by atoms with Gasteiger partial charge in [0.2, 0.25) is 11.4 Å². The third kappa shape index (κ3) is 5.05. The van der Waals surface area contributed by atoms with Crippen LogP contribution in [0.4, 0.5) is 4.39 Å². The van der Waals surface area contributed by atoms with Crippen molar-refractivity contribution in [1.29, 1.82) is 0 Å². The van der Waals surface area contributed by atoms with E-state index in [1.165, 1.54) is 18.2 Å². The quantitative estimate of drug-likeness (QED) is 0.418. The van der Waals surface area contributed by atoms with E-state index in [-0.39, 0.29) is 47.7 Å². The summed E-state index contributed by atoms with van der Waals surface area (Å²) in [4.78, 5) is 30.5. The lowest BCUT2D eigenvalue weighted by molar-refractivity contribution is 0.0735.